The normalized spacial score (nSPS) is 12.6. The molecule has 1 atom stereocenters. The van der Waals surface area contributed by atoms with Crippen molar-refractivity contribution >= 4 is 17.9 Å². The zero-order valence-corrected chi connectivity index (χ0v) is 44.2. The van der Waals surface area contributed by atoms with Crippen molar-refractivity contribution < 1.29 is 28.6 Å². The first kappa shape index (κ1) is 63.8. The van der Waals surface area contributed by atoms with Crippen LogP contribution in [-0.2, 0) is 28.6 Å². The second-order valence-electron chi connectivity index (χ2n) is 18.8. The van der Waals surface area contributed by atoms with Crippen LogP contribution in [0.5, 0.6) is 0 Å². The number of hydrogen-bond acceptors (Lipinski definition) is 6. The maximum atomic E-state index is 12.8. The average molecular weight is 936 g/mol. The van der Waals surface area contributed by atoms with Crippen molar-refractivity contribution in [2.45, 2.75) is 284 Å². The summed E-state index contributed by atoms with van der Waals surface area (Å²) in [5.74, 6) is -0.891. The Bertz CT molecular complexity index is 1260. The fourth-order valence-electron chi connectivity index (χ4n) is 7.93. The molecule has 0 aliphatic carbocycles. The summed E-state index contributed by atoms with van der Waals surface area (Å²) in [6.45, 7) is 6.50. The highest BCUT2D eigenvalue weighted by atomic mass is 16.6. The number of hydrogen-bond donors (Lipinski definition) is 0. The molecule has 67 heavy (non-hydrogen) atoms. The molecule has 0 spiro atoms. The molecule has 0 amide bonds. The number of rotatable bonds is 51. The summed E-state index contributed by atoms with van der Waals surface area (Å²) in [5.41, 5.74) is 0. The highest BCUT2D eigenvalue weighted by molar-refractivity contribution is 5.71. The summed E-state index contributed by atoms with van der Waals surface area (Å²) in [6, 6.07) is 0. The van der Waals surface area contributed by atoms with Crippen LogP contribution in [0.4, 0.5) is 0 Å². The van der Waals surface area contributed by atoms with Gasteiger partial charge in [0.2, 0.25) is 0 Å². The average Bonchev–Trinajstić information content (AvgIpc) is 3.33. The Balaban J connectivity index is 4.23. The molecular weight excluding hydrogens is 829 g/mol. The quantitative estimate of drug-likeness (QED) is 0.0262. The van der Waals surface area contributed by atoms with Crippen LogP contribution in [0.25, 0.3) is 0 Å². The molecule has 6 heteroatoms. The minimum absolute atomic E-state index is 0.0786. The molecule has 0 aromatic carbocycles. The number of ether oxygens (including phenoxy) is 3. The van der Waals surface area contributed by atoms with Crippen LogP contribution >= 0.6 is 0 Å². The predicted molar refractivity (Wildman–Crippen MR) is 288 cm³/mol. The Kier molecular flexibility index (Phi) is 52.8. The summed E-state index contributed by atoms with van der Waals surface area (Å²) in [4.78, 5) is 38.0. The second kappa shape index (κ2) is 55.4. The number of carbonyl (C=O) groups excluding carboxylic acids is 3. The SMILES string of the molecule is CC/C=C\C/C=C\C/C=C\C/C=C\C/C=C\CCCCCCCCCCCC(=O)OCC(COC(=O)CCCCCCCCCC)OC(=O)CCCCCCC/C=C\CCCCCCCCC. The molecule has 1 unspecified atom stereocenters. The van der Waals surface area contributed by atoms with Crippen molar-refractivity contribution in [2.24, 2.45) is 0 Å². The lowest BCUT2D eigenvalue weighted by molar-refractivity contribution is -0.167. The van der Waals surface area contributed by atoms with Gasteiger partial charge in [0.05, 0.1) is 0 Å². The van der Waals surface area contributed by atoms with Gasteiger partial charge in [0.15, 0.2) is 6.10 Å². The fraction of sp³-hybridized carbons (Fsp3) is 0.754. The molecular formula is C61H106O6. The van der Waals surface area contributed by atoms with E-state index in [0.717, 1.165) is 109 Å². The van der Waals surface area contributed by atoms with Gasteiger partial charge in [-0.3, -0.25) is 14.4 Å². The van der Waals surface area contributed by atoms with E-state index in [1.807, 2.05) is 0 Å². The van der Waals surface area contributed by atoms with Gasteiger partial charge in [0, 0.05) is 19.3 Å². The lowest BCUT2D eigenvalue weighted by Crippen LogP contribution is -2.30. The Morgan fingerprint density at radius 3 is 0.925 bits per heavy atom. The van der Waals surface area contributed by atoms with Gasteiger partial charge in [-0.1, -0.05) is 241 Å². The number of allylic oxidation sites excluding steroid dienone is 12. The van der Waals surface area contributed by atoms with Crippen LogP contribution < -0.4 is 0 Å². The summed E-state index contributed by atoms with van der Waals surface area (Å²) in [6.07, 6.45) is 70.5. The Labute approximate surface area is 414 Å². The van der Waals surface area contributed by atoms with E-state index >= 15 is 0 Å². The van der Waals surface area contributed by atoms with Crippen molar-refractivity contribution in [3.8, 4) is 0 Å². The lowest BCUT2D eigenvalue weighted by atomic mass is 10.1. The highest BCUT2D eigenvalue weighted by Crippen LogP contribution is 2.15. The number of esters is 3. The largest absolute Gasteiger partial charge is 0.462 e. The Morgan fingerprint density at radius 1 is 0.313 bits per heavy atom. The maximum absolute atomic E-state index is 12.8. The van der Waals surface area contributed by atoms with E-state index in [9.17, 15) is 14.4 Å². The minimum Gasteiger partial charge on any atom is -0.462 e. The number of unbranched alkanes of at least 4 members (excludes halogenated alkanes) is 28. The highest BCUT2D eigenvalue weighted by Gasteiger charge is 2.19. The van der Waals surface area contributed by atoms with Crippen molar-refractivity contribution in [2.75, 3.05) is 13.2 Å². The first-order valence-electron chi connectivity index (χ1n) is 28.4. The molecule has 0 aliphatic heterocycles. The van der Waals surface area contributed by atoms with Gasteiger partial charge in [-0.05, 0) is 89.9 Å². The van der Waals surface area contributed by atoms with Gasteiger partial charge in [-0.25, -0.2) is 0 Å². The molecule has 0 radical (unpaired) electrons. The smallest absolute Gasteiger partial charge is 0.306 e. The Morgan fingerprint density at radius 2 is 0.582 bits per heavy atom. The zero-order chi connectivity index (χ0) is 48.6. The van der Waals surface area contributed by atoms with E-state index in [-0.39, 0.29) is 31.1 Å². The van der Waals surface area contributed by atoms with E-state index in [2.05, 4.69) is 93.7 Å². The third-order valence-electron chi connectivity index (χ3n) is 12.2. The van der Waals surface area contributed by atoms with E-state index in [4.69, 9.17) is 14.2 Å². The van der Waals surface area contributed by atoms with Crippen LogP contribution in [0.2, 0.25) is 0 Å². The molecule has 0 aromatic rings. The standard InChI is InChI=1S/C61H106O6/c1-4-7-10-13-16-19-21-23-25-27-28-29-30-31-32-33-34-35-37-38-40-42-45-48-51-54-60(63)66-57-58(56-65-59(62)53-50-47-44-18-15-12-9-6-3)67-61(64)55-52-49-46-43-41-39-36-26-24-22-20-17-14-11-8-5-2/h7,10,16,19,23,25-26,28-29,31-32,36,58H,4-6,8-9,11-15,17-18,20-22,24,27,30,33-35,37-57H2,1-3H3/b10-7-,19-16-,25-23-,29-28-,32-31-,36-26-. The summed E-state index contributed by atoms with van der Waals surface area (Å²) < 4.78 is 16.8. The van der Waals surface area contributed by atoms with E-state index in [1.165, 1.54) is 128 Å². The Hall–Kier alpha value is -3.15. The molecule has 0 fully saturated rings. The predicted octanol–water partition coefficient (Wildman–Crippen LogP) is 19.0. The van der Waals surface area contributed by atoms with Crippen LogP contribution in [0.3, 0.4) is 0 Å². The van der Waals surface area contributed by atoms with Crippen molar-refractivity contribution in [1.29, 1.82) is 0 Å². The first-order chi connectivity index (χ1) is 33.0. The van der Waals surface area contributed by atoms with Crippen LogP contribution in [0.15, 0.2) is 72.9 Å². The number of carbonyl (C=O) groups is 3. The molecule has 0 bridgehead atoms. The first-order valence-corrected chi connectivity index (χ1v) is 28.4. The molecule has 0 saturated heterocycles. The molecule has 0 N–H and O–H groups in total. The van der Waals surface area contributed by atoms with Gasteiger partial charge in [-0.15, -0.1) is 0 Å². The van der Waals surface area contributed by atoms with Crippen molar-refractivity contribution in [3.05, 3.63) is 72.9 Å². The molecule has 0 aromatic heterocycles. The van der Waals surface area contributed by atoms with Crippen LogP contribution in [-0.4, -0.2) is 37.2 Å². The minimum atomic E-state index is -0.779. The van der Waals surface area contributed by atoms with E-state index < -0.39 is 6.10 Å². The lowest BCUT2D eigenvalue weighted by Gasteiger charge is -2.18. The monoisotopic (exact) mass is 935 g/mol. The van der Waals surface area contributed by atoms with Gasteiger partial charge >= 0.3 is 17.9 Å². The third kappa shape index (κ3) is 53.7. The van der Waals surface area contributed by atoms with Gasteiger partial charge in [0.25, 0.3) is 0 Å². The summed E-state index contributed by atoms with van der Waals surface area (Å²) in [7, 11) is 0. The maximum Gasteiger partial charge on any atom is 0.306 e. The molecule has 0 heterocycles. The van der Waals surface area contributed by atoms with Gasteiger partial charge in [0.1, 0.15) is 13.2 Å². The van der Waals surface area contributed by atoms with Crippen molar-refractivity contribution in [1.82, 2.24) is 0 Å². The molecule has 0 aliphatic rings. The molecule has 0 saturated carbocycles. The molecule has 0 rings (SSSR count). The van der Waals surface area contributed by atoms with E-state index in [1.54, 1.807) is 0 Å². The summed E-state index contributed by atoms with van der Waals surface area (Å²) in [5, 5.41) is 0. The van der Waals surface area contributed by atoms with Crippen molar-refractivity contribution in [3.63, 3.8) is 0 Å². The van der Waals surface area contributed by atoms with Gasteiger partial charge in [-0.2, -0.15) is 0 Å². The van der Waals surface area contributed by atoms with Crippen LogP contribution in [0.1, 0.15) is 278 Å². The van der Waals surface area contributed by atoms with Gasteiger partial charge < -0.3 is 14.2 Å². The fourth-order valence-corrected chi connectivity index (χ4v) is 7.93. The van der Waals surface area contributed by atoms with E-state index in [0.29, 0.717) is 19.3 Å². The molecule has 6 nitrogen and oxygen atoms in total. The zero-order valence-electron chi connectivity index (χ0n) is 44.2. The molecule has 386 valence electrons. The summed E-state index contributed by atoms with van der Waals surface area (Å²) >= 11 is 0. The third-order valence-corrected chi connectivity index (χ3v) is 12.2. The van der Waals surface area contributed by atoms with Crippen LogP contribution in [0, 0.1) is 0 Å². The second-order valence-corrected chi connectivity index (χ2v) is 18.8. The topological polar surface area (TPSA) is 78.9 Å².